The van der Waals surface area contributed by atoms with E-state index in [0.717, 1.165) is 0 Å². The number of benzene rings is 2. The largest absolute Gasteiger partial charge is 0.497 e. The lowest BCUT2D eigenvalue weighted by molar-refractivity contribution is -0.161. The number of carbonyl (C=O) groups is 4. The zero-order chi connectivity index (χ0) is 32.5. The third kappa shape index (κ3) is 7.89. The lowest BCUT2D eigenvalue weighted by atomic mass is 9.71. The van der Waals surface area contributed by atoms with Gasteiger partial charge in [0.1, 0.15) is 35.9 Å². The number of carbonyl (C=O) groups excluding carboxylic acids is 4. The highest BCUT2D eigenvalue weighted by Crippen LogP contribution is 2.39. The molecule has 0 saturated heterocycles. The van der Waals surface area contributed by atoms with Crippen LogP contribution in [0.5, 0.6) is 11.5 Å². The van der Waals surface area contributed by atoms with Crippen molar-refractivity contribution >= 4 is 23.5 Å². The van der Waals surface area contributed by atoms with Crippen molar-refractivity contribution in [2.24, 2.45) is 11.8 Å². The monoisotopic (exact) mass is 626 g/mol. The molecule has 2 N–H and O–H groups in total. The molecule has 2 aromatic carbocycles. The fourth-order valence-corrected chi connectivity index (χ4v) is 6.17. The summed E-state index contributed by atoms with van der Waals surface area (Å²) in [5.74, 6) is -3.26. The highest BCUT2D eigenvalue weighted by molar-refractivity contribution is 6.05. The Morgan fingerprint density at radius 2 is 1.00 bits per heavy atom. The number of ketones is 2. The topological polar surface area (TPSA) is 155 Å². The summed E-state index contributed by atoms with van der Waals surface area (Å²) in [5, 5.41) is 22.7. The van der Waals surface area contributed by atoms with E-state index in [0.29, 0.717) is 50.0 Å². The van der Waals surface area contributed by atoms with Gasteiger partial charge in [0.05, 0.1) is 39.3 Å². The van der Waals surface area contributed by atoms with Crippen LogP contribution in [0.3, 0.4) is 0 Å². The molecule has 4 rings (SSSR count). The average molecular weight is 627 g/mol. The molecule has 2 aliphatic carbocycles. The minimum atomic E-state index is -1.87. The first-order valence-electron chi connectivity index (χ1n) is 15.4. The van der Waals surface area contributed by atoms with Gasteiger partial charge in [0, 0.05) is 11.1 Å². The Kier molecular flexibility index (Phi) is 11.7. The maximum absolute atomic E-state index is 13.2. The lowest BCUT2D eigenvalue weighted by Gasteiger charge is -2.37. The summed E-state index contributed by atoms with van der Waals surface area (Å²) in [4.78, 5) is 52.3. The second-order valence-corrected chi connectivity index (χ2v) is 11.5. The van der Waals surface area contributed by atoms with Crippen LogP contribution < -0.4 is 9.47 Å². The molecule has 11 nitrogen and oxygen atoms in total. The molecular weight excluding hydrogens is 584 g/mol. The molecule has 2 unspecified atom stereocenters. The molecule has 0 spiro atoms. The molecule has 0 heterocycles. The number of esters is 2. The SMILES string of the molecule is COc1ccc(C(=O)C2(O)CCCCC2C(=O)OCCOCCOC(=O)[C@H]2CCCC[C@]2(O)C(=O)c2ccc(OC)cc2)cc1. The smallest absolute Gasteiger partial charge is 0.312 e. The standard InChI is InChI=1S/C34H42O11/c1-41-25-13-9-23(10-14-25)29(35)33(39)17-5-3-7-27(33)31(37)44-21-19-43-20-22-45-32(38)28-8-4-6-18-34(28,40)30(36)24-11-15-26(42-2)16-12-24/h9-16,27-28,39-40H,3-8,17-22H2,1-2H3/t27-,28?,33-,34?/m1/s1. The molecule has 2 saturated carbocycles. The molecule has 0 radical (unpaired) electrons. The van der Waals surface area contributed by atoms with Crippen molar-refractivity contribution in [1.29, 1.82) is 0 Å². The van der Waals surface area contributed by atoms with Crippen molar-refractivity contribution < 1.29 is 53.1 Å². The Morgan fingerprint density at radius 1 is 0.622 bits per heavy atom. The normalized spacial score (nSPS) is 24.7. The van der Waals surface area contributed by atoms with Crippen LogP contribution in [0, 0.1) is 11.8 Å². The van der Waals surface area contributed by atoms with E-state index in [1.54, 1.807) is 48.5 Å². The fraction of sp³-hybridized carbons (Fsp3) is 0.529. The first-order valence-corrected chi connectivity index (χ1v) is 15.4. The van der Waals surface area contributed by atoms with E-state index in [2.05, 4.69) is 0 Å². The predicted molar refractivity (Wildman–Crippen MR) is 161 cm³/mol. The summed E-state index contributed by atoms with van der Waals surface area (Å²) in [6.07, 6.45) is 3.53. The van der Waals surface area contributed by atoms with E-state index >= 15 is 0 Å². The van der Waals surface area contributed by atoms with Gasteiger partial charge in [0.2, 0.25) is 0 Å². The van der Waals surface area contributed by atoms with Crippen molar-refractivity contribution in [3.05, 3.63) is 59.7 Å². The molecule has 2 aliphatic rings. The predicted octanol–water partition coefficient (Wildman–Crippen LogP) is 3.72. The van der Waals surface area contributed by atoms with Crippen LogP contribution in [-0.2, 0) is 23.8 Å². The zero-order valence-electron chi connectivity index (χ0n) is 25.8. The number of hydrogen-bond acceptors (Lipinski definition) is 11. The first-order chi connectivity index (χ1) is 21.6. The lowest BCUT2D eigenvalue weighted by Crippen LogP contribution is -2.51. The Bertz CT molecular complexity index is 1220. The molecule has 0 aliphatic heterocycles. The van der Waals surface area contributed by atoms with Gasteiger partial charge < -0.3 is 33.9 Å². The van der Waals surface area contributed by atoms with Crippen LogP contribution in [0.1, 0.15) is 72.1 Å². The second-order valence-electron chi connectivity index (χ2n) is 11.5. The Labute approximate surface area is 262 Å². The highest BCUT2D eigenvalue weighted by Gasteiger charge is 2.51. The van der Waals surface area contributed by atoms with Crippen LogP contribution in [0.2, 0.25) is 0 Å². The summed E-state index contributed by atoms with van der Waals surface area (Å²) < 4.78 is 26.4. The van der Waals surface area contributed by atoms with Gasteiger partial charge in [0.25, 0.3) is 0 Å². The second kappa shape index (κ2) is 15.5. The van der Waals surface area contributed by atoms with Gasteiger partial charge >= 0.3 is 11.9 Å². The molecule has 4 atom stereocenters. The number of hydrogen-bond donors (Lipinski definition) is 2. The van der Waals surface area contributed by atoms with E-state index in [4.69, 9.17) is 23.7 Å². The average Bonchev–Trinajstić information content (AvgIpc) is 3.07. The number of aliphatic hydroxyl groups is 2. The van der Waals surface area contributed by atoms with Crippen LogP contribution in [0.25, 0.3) is 0 Å². The van der Waals surface area contributed by atoms with Gasteiger partial charge in [-0.05, 0) is 74.2 Å². The Balaban J connectivity index is 1.22. The Morgan fingerprint density at radius 3 is 1.36 bits per heavy atom. The fourth-order valence-electron chi connectivity index (χ4n) is 6.17. The van der Waals surface area contributed by atoms with Gasteiger partial charge in [-0.15, -0.1) is 0 Å². The molecule has 2 fully saturated rings. The van der Waals surface area contributed by atoms with Crippen LogP contribution in [-0.4, -0.2) is 85.6 Å². The van der Waals surface area contributed by atoms with Crippen molar-refractivity contribution in [3.63, 3.8) is 0 Å². The zero-order valence-corrected chi connectivity index (χ0v) is 25.8. The Hall–Kier alpha value is -3.80. The van der Waals surface area contributed by atoms with Gasteiger partial charge in [-0.25, -0.2) is 0 Å². The number of ether oxygens (including phenoxy) is 5. The number of rotatable bonds is 14. The third-order valence-corrected chi connectivity index (χ3v) is 8.76. The van der Waals surface area contributed by atoms with E-state index in [-0.39, 0.29) is 50.4 Å². The minimum absolute atomic E-state index is 0.00415. The van der Waals surface area contributed by atoms with Crippen molar-refractivity contribution in [1.82, 2.24) is 0 Å². The van der Waals surface area contributed by atoms with E-state index in [9.17, 15) is 29.4 Å². The van der Waals surface area contributed by atoms with Crippen LogP contribution in [0.15, 0.2) is 48.5 Å². The maximum atomic E-state index is 13.2. The van der Waals surface area contributed by atoms with Gasteiger partial charge in [-0.1, -0.05) is 25.7 Å². The van der Waals surface area contributed by atoms with Crippen LogP contribution in [0.4, 0.5) is 0 Å². The van der Waals surface area contributed by atoms with E-state index in [1.165, 1.54) is 14.2 Å². The van der Waals surface area contributed by atoms with Crippen molar-refractivity contribution in [2.45, 2.75) is 62.6 Å². The molecule has 244 valence electrons. The summed E-state index contributed by atoms with van der Waals surface area (Å²) in [6, 6.07) is 12.7. The molecule has 0 amide bonds. The molecule has 0 bridgehead atoms. The summed E-state index contributed by atoms with van der Waals surface area (Å²) in [5.41, 5.74) is -3.16. The third-order valence-electron chi connectivity index (χ3n) is 8.76. The van der Waals surface area contributed by atoms with E-state index in [1.807, 2.05) is 0 Å². The minimum Gasteiger partial charge on any atom is -0.497 e. The molecular formula is C34H42O11. The first kappa shape index (κ1) is 34.1. The number of Topliss-reactive ketones (excluding diaryl/α,β-unsaturated/α-hetero) is 2. The van der Waals surface area contributed by atoms with Crippen molar-refractivity contribution in [3.8, 4) is 11.5 Å². The molecule has 11 heteroatoms. The van der Waals surface area contributed by atoms with Gasteiger partial charge in [-0.3, -0.25) is 19.2 Å². The number of methoxy groups -OCH3 is 2. The summed E-state index contributed by atoms with van der Waals surface area (Å²) >= 11 is 0. The molecule has 2 aromatic rings. The van der Waals surface area contributed by atoms with Crippen molar-refractivity contribution in [2.75, 3.05) is 40.6 Å². The maximum Gasteiger partial charge on any atom is 0.312 e. The van der Waals surface area contributed by atoms with Gasteiger partial charge in [0.15, 0.2) is 11.6 Å². The summed E-state index contributed by atoms with van der Waals surface area (Å²) in [6.45, 7) is -0.224. The van der Waals surface area contributed by atoms with E-state index < -0.39 is 46.5 Å². The quantitative estimate of drug-likeness (QED) is 0.179. The highest BCUT2D eigenvalue weighted by atomic mass is 16.6. The van der Waals surface area contributed by atoms with Crippen LogP contribution >= 0.6 is 0 Å². The molecule has 45 heavy (non-hydrogen) atoms. The van der Waals surface area contributed by atoms with Gasteiger partial charge in [-0.2, -0.15) is 0 Å². The summed E-state index contributed by atoms with van der Waals surface area (Å²) in [7, 11) is 3.03. The molecule has 0 aromatic heterocycles.